The van der Waals surface area contributed by atoms with Crippen molar-refractivity contribution in [3.8, 4) is 0 Å². The van der Waals surface area contributed by atoms with Gasteiger partial charge in [0.2, 0.25) is 0 Å². The third kappa shape index (κ3) is 8.80. The predicted molar refractivity (Wildman–Crippen MR) is 99.1 cm³/mol. The summed E-state index contributed by atoms with van der Waals surface area (Å²) in [4.78, 5) is 35.0. The molecule has 0 bridgehead atoms. The number of carbonyl (C=O) groups is 3. The summed E-state index contributed by atoms with van der Waals surface area (Å²) < 4.78 is 4.60. The van der Waals surface area contributed by atoms with E-state index in [0.717, 1.165) is 38.5 Å². The molecule has 0 unspecified atom stereocenters. The monoisotopic (exact) mass is 348 g/mol. The zero-order valence-electron chi connectivity index (χ0n) is 15.7. The first kappa shape index (κ1) is 21.3. The predicted octanol–water partition coefficient (Wildman–Crippen LogP) is 4.58. The van der Waals surface area contributed by atoms with Crippen molar-refractivity contribution in [3.05, 3.63) is 24.3 Å². The average Bonchev–Trinajstić information content (AvgIpc) is 2.96. The van der Waals surface area contributed by atoms with Crippen LogP contribution in [0.3, 0.4) is 0 Å². The molecule has 1 rings (SSSR count). The number of hydrogen-bond acceptors (Lipinski definition) is 4. The van der Waals surface area contributed by atoms with E-state index in [1.165, 1.54) is 7.11 Å². The van der Waals surface area contributed by atoms with Crippen LogP contribution < -0.4 is 0 Å². The second-order valence-electron chi connectivity index (χ2n) is 6.74. The minimum atomic E-state index is -0.188. The lowest BCUT2D eigenvalue weighted by Gasteiger charge is -2.16. The van der Waals surface area contributed by atoms with Gasteiger partial charge in [0.15, 0.2) is 5.78 Å². The number of ketones is 2. The number of allylic oxidation sites excluding steroid dienone is 4. The first-order valence-electron chi connectivity index (χ1n) is 9.54. The number of rotatable bonds is 13. The van der Waals surface area contributed by atoms with Crippen LogP contribution in [0.2, 0.25) is 0 Å². The van der Waals surface area contributed by atoms with Gasteiger partial charge in [-0.3, -0.25) is 14.4 Å². The summed E-state index contributed by atoms with van der Waals surface area (Å²) >= 11 is 0. The van der Waals surface area contributed by atoms with Gasteiger partial charge in [-0.1, -0.05) is 38.0 Å². The normalized spacial score (nSPS) is 19.7. The highest BCUT2D eigenvalue weighted by molar-refractivity contribution is 5.94. The highest BCUT2D eigenvalue weighted by atomic mass is 16.5. The third-order valence-corrected chi connectivity index (χ3v) is 4.74. The third-order valence-electron chi connectivity index (χ3n) is 4.74. The van der Waals surface area contributed by atoms with Crippen molar-refractivity contribution in [2.45, 2.75) is 71.1 Å². The Hall–Kier alpha value is -1.71. The molecule has 25 heavy (non-hydrogen) atoms. The first-order chi connectivity index (χ1) is 12.1. The lowest BCUT2D eigenvalue weighted by atomic mass is 9.87. The maximum Gasteiger partial charge on any atom is 0.305 e. The molecule has 0 aromatic carbocycles. The average molecular weight is 348 g/mol. The van der Waals surface area contributed by atoms with Gasteiger partial charge < -0.3 is 4.74 Å². The number of methoxy groups -OCH3 is 1. The van der Waals surface area contributed by atoms with E-state index >= 15 is 0 Å². The van der Waals surface area contributed by atoms with Crippen LogP contribution in [-0.2, 0) is 19.1 Å². The molecule has 0 aromatic rings. The Bertz CT molecular complexity index is 490. The molecule has 0 saturated carbocycles. The van der Waals surface area contributed by atoms with E-state index in [4.69, 9.17) is 0 Å². The number of Topliss-reactive ketones (excluding diaryl/α,β-unsaturated/α-hetero) is 1. The molecule has 0 N–H and O–H groups in total. The van der Waals surface area contributed by atoms with Crippen LogP contribution in [0, 0.1) is 11.8 Å². The first-order valence-corrected chi connectivity index (χ1v) is 9.54. The van der Waals surface area contributed by atoms with Crippen LogP contribution >= 0.6 is 0 Å². The molecule has 0 saturated heterocycles. The van der Waals surface area contributed by atoms with E-state index in [9.17, 15) is 14.4 Å². The van der Waals surface area contributed by atoms with Crippen molar-refractivity contribution in [2.24, 2.45) is 11.8 Å². The van der Waals surface area contributed by atoms with Gasteiger partial charge in [0.05, 0.1) is 7.11 Å². The topological polar surface area (TPSA) is 60.4 Å². The Morgan fingerprint density at radius 1 is 1.12 bits per heavy atom. The summed E-state index contributed by atoms with van der Waals surface area (Å²) in [5.74, 6) is 0.454. The molecule has 4 nitrogen and oxygen atoms in total. The zero-order chi connectivity index (χ0) is 18.5. The summed E-state index contributed by atoms with van der Waals surface area (Å²) in [5, 5.41) is 0. The van der Waals surface area contributed by atoms with Crippen LogP contribution in [-0.4, -0.2) is 24.6 Å². The van der Waals surface area contributed by atoms with Gasteiger partial charge in [0, 0.05) is 25.2 Å². The molecular weight excluding hydrogens is 316 g/mol. The van der Waals surface area contributed by atoms with Crippen LogP contribution in [0.1, 0.15) is 71.1 Å². The number of unbranched alkanes of at least 4 members (excludes halogenated alkanes) is 3. The molecule has 2 atom stereocenters. The molecule has 0 aromatic heterocycles. The number of hydrogen-bond donors (Lipinski definition) is 0. The van der Waals surface area contributed by atoms with Crippen molar-refractivity contribution in [2.75, 3.05) is 7.11 Å². The van der Waals surface area contributed by atoms with E-state index in [1.54, 1.807) is 6.08 Å². The molecule has 0 spiro atoms. The van der Waals surface area contributed by atoms with Gasteiger partial charge in [0.1, 0.15) is 5.78 Å². The fourth-order valence-corrected chi connectivity index (χ4v) is 3.13. The fourth-order valence-electron chi connectivity index (χ4n) is 3.13. The molecule has 4 heteroatoms. The van der Waals surface area contributed by atoms with Crippen LogP contribution in [0.5, 0.6) is 0 Å². The van der Waals surface area contributed by atoms with E-state index in [-0.39, 0.29) is 23.6 Å². The largest absolute Gasteiger partial charge is 0.469 e. The quantitative estimate of drug-likeness (QED) is 0.278. The summed E-state index contributed by atoms with van der Waals surface area (Å²) in [5.41, 5.74) is 0. The Morgan fingerprint density at radius 3 is 2.64 bits per heavy atom. The minimum absolute atomic E-state index is 0.0275. The van der Waals surface area contributed by atoms with Crippen molar-refractivity contribution in [1.29, 1.82) is 0 Å². The Labute approximate surface area is 151 Å². The Balaban J connectivity index is 2.28. The lowest BCUT2D eigenvalue weighted by molar-refractivity contribution is -0.140. The Kier molecular flexibility index (Phi) is 10.8. The second kappa shape index (κ2) is 12.6. The van der Waals surface area contributed by atoms with Gasteiger partial charge >= 0.3 is 5.97 Å². The minimum Gasteiger partial charge on any atom is -0.469 e. The molecule has 0 fully saturated rings. The van der Waals surface area contributed by atoms with Crippen molar-refractivity contribution in [3.63, 3.8) is 0 Å². The van der Waals surface area contributed by atoms with E-state index in [0.29, 0.717) is 31.5 Å². The molecule has 0 aliphatic heterocycles. The highest BCUT2D eigenvalue weighted by Gasteiger charge is 2.28. The second-order valence-corrected chi connectivity index (χ2v) is 6.74. The van der Waals surface area contributed by atoms with Crippen molar-refractivity contribution in [1.82, 2.24) is 0 Å². The Morgan fingerprint density at radius 2 is 1.92 bits per heavy atom. The van der Waals surface area contributed by atoms with E-state index in [1.807, 2.05) is 18.2 Å². The zero-order valence-corrected chi connectivity index (χ0v) is 15.7. The molecule has 1 aliphatic carbocycles. The van der Waals surface area contributed by atoms with Crippen LogP contribution in [0.4, 0.5) is 0 Å². The van der Waals surface area contributed by atoms with E-state index in [2.05, 4.69) is 11.7 Å². The highest BCUT2D eigenvalue weighted by Crippen LogP contribution is 2.30. The van der Waals surface area contributed by atoms with Crippen LogP contribution in [0.15, 0.2) is 24.3 Å². The van der Waals surface area contributed by atoms with E-state index < -0.39 is 0 Å². The van der Waals surface area contributed by atoms with Gasteiger partial charge in [-0.15, -0.1) is 0 Å². The molecule has 0 radical (unpaired) electrons. The maximum absolute atomic E-state index is 12.0. The SMILES string of the molecule is CCCCCC(=O)CC[C@H]1C=CC(=O)[C@@H]1C/C=C\CCCC(=O)OC. The number of esters is 1. The van der Waals surface area contributed by atoms with Gasteiger partial charge in [-0.25, -0.2) is 0 Å². The summed E-state index contributed by atoms with van der Waals surface area (Å²) in [6.07, 6.45) is 15.6. The fraction of sp³-hybridized carbons (Fsp3) is 0.667. The van der Waals surface area contributed by atoms with Crippen molar-refractivity contribution < 1.29 is 19.1 Å². The van der Waals surface area contributed by atoms with Crippen LogP contribution in [0.25, 0.3) is 0 Å². The van der Waals surface area contributed by atoms with Gasteiger partial charge in [0.25, 0.3) is 0 Å². The van der Waals surface area contributed by atoms with Crippen molar-refractivity contribution >= 4 is 17.5 Å². The van der Waals surface area contributed by atoms with Gasteiger partial charge in [-0.05, 0) is 44.1 Å². The molecule has 0 amide bonds. The molecular formula is C21H32O4. The van der Waals surface area contributed by atoms with Gasteiger partial charge in [-0.2, -0.15) is 0 Å². The number of carbonyl (C=O) groups excluding carboxylic acids is 3. The smallest absolute Gasteiger partial charge is 0.305 e. The lowest BCUT2D eigenvalue weighted by Crippen LogP contribution is -2.16. The molecule has 0 heterocycles. The standard InChI is InChI=1S/C21H32O4/c1-3-4-7-10-18(22)15-13-17-14-16-20(23)19(17)11-8-5-6-9-12-21(24)25-2/h5,8,14,16-17,19H,3-4,6-7,9-13,15H2,1-2H3/b8-5-/t17-,19+/m0/s1. The number of ether oxygens (including phenoxy) is 1. The molecule has 1 aliphatic rings. The summed E-state index contributed by atoms with van der Waals surface area (Å²) in [6.45, 7) is 2.13. The maximum atomic E-state index is 12.0. The summed E-state index contributed by atoms with van der Waals surface area (Å²) in [6, 6.07) is 0. The summed E-state index contributed by atoms with van der Waals surface area (Å²) in [7, 11) is 1.39. The molecule has 140 valence electrons.